The van der Waals surface area contributed by atoms with E-state index in [1.807, 2.05) is 4.90 Å². The molecule has 1 heterocycles. The molecule has 20 heavy (non-hydrogen) atoms. The maximum absolute atomic E-state index is 13.6. The highest BCUT2D eigenvalue weighted by Crippen LogP contribution is 2.21. The van der Waals surface area contributed by atoms with Crippen molar-refractivity contribution in [2.75, 3.05) is 39.3 Å². The molecule has 1 N–H and O–H groups in total. The van der Waals surface area contributed by atoms with Gasteiger partial charge in [0.15, 0.2) is 0 Å². The summed E-state index contributed by atoms with van der Waals surface area (Å²) in [6.07, 6.45) is 0. The molecule has 0 aliphatic carbocycles. The molecule has 1 aromatic carbocycles. The van der Waals surface area contributed by atoms with Crippen molar-refractivity contribution in [2.24, 2.45) is 0 Å². The fraction of sp³-hybridized carbons (Fsp3) is 0.500. The van der Waals surface area contributed by atoms with Crippen molar-refractivity contribution >= 4 is 10.0 Å². The number of halogens is 2. The van der Waals surface area contributed by atoms with E-state index in [4.69, 9.17) is 5.11 Å². The van der Waals surface area contributed by atoms with Crippen LogP contribution in [0.3, 0.4) is 0 Å². The Bertz CT molecular complexity index is 572. The van der Waals surface area contributed by atoms with E-state index in [2.05, 4.69) is 0 Å². The highest BCUT2D eigenvalue weighted by Gasteiger charge is 2.30. The number of hydrogen-bond acceptors (Lipinski definition) is 4. The molecule has 1 saturated heterocycles. The number of aliphatic hydroxyl groups is 1. The van der Waals surface area contributed by atoms with Gasteiger partial charge in [0.05, 0.1) is 6.61 Å². The van der Waals surface area contributed by atoms with Gasteiger partial charge in [0, 0.05) is 38.8 Å². The first-order valence-electron chi connectivity index (χ1n) is 6.23. The van der Waals surface area contributed by atoms with Crippen molar-refractivity contribution < 1.29 is 22.3 Å². The molecule has 0 saturated carbocycles. The zero-order valence-corrected chi connectivity index (χ0v) is 11.6. The van der Waals surface area contributed by atoms with Crippen LogP contribution < -0.4 is 0 Å². The van der Waals surface area contributed by atoms with Gasteiger partial charge in [0.2, 0.25) is 10.0 Å². The number of β-amino-alcohol motifs (C(OH)–C–C–N with tert-alkyl or cyclic N) is 1. The van der Waals surface area contributed by atoms with Gasteiger partial charge in [0.1, 0.15) is 16.5 Å². The lowest BCUT2D eigenvalue weighted by Gasteiger charge is -2.33. The van der Waals surface area contributed by atoms with E-state index < -0.39 is 26.6 Å². The Balaban J connectivity index is 2.15. The fourth-order valence-electron chi connectivity index (χ4n) is 2.16. The first-order chi connectivity index (χ1) is 9.45. The molecule has 5 nitrogen and oxygen atoms in total. The Kier molecular flexibility index (Phi) is 4.69. The predicted molar refractivity (Wildman–Crippen MR) is 68.6 cm³/mol. The van der Waals surface area contributed by atoms with Crippen molar-refractivity contribution in [3.63, 3.8) is 0 Å². The first-order valence-corrected chi connectivity index (χ1v) is 7.67. The summed E-state index contributed by atoms with van der Waals surface area (Å²) in [5, 5.41) is 8.83. The Morgan fingerprint density at radius 3 is 2.35 bits per heavy atom. The van der Waals surface area contributed by atoms with Gasteiger partial charge in [-0.25, -0.2) is 17.2 Å². The summed E-state index contributed by atoms with van der Waals surface area (Å²) in [6, 6.07) is 2.44. The molecule has 1 fully saturated rings. The molecule has 0 bridgehead atoms. The van der Waals surface area contributed by atoms with Crippen LogP contribution in [0.15, 0.2) is 23.1 Å². The van der Waals surface area contributed by atoms with Crippen LogP contribution in [0.2, 0.25) is 0 Å². The summed E-state index contributed by atoms with van der Waals surface area (Å²) in [5.41, 5.74) is 0. The summed E-state index contributed by atoms with van der Waals surface area (Å²) in [4.78, 5) is 1.42. The van der Waals surface area contributed by atoms with E-state index >= 15 is 0 Å². The Hall–Kier alpha value is -1.09. The molecular weight excluding hydrogens is 290 g/mol. The van der Waals surface area contributed by atoms with Gasteiger partial charge in [0.25, 0.3) is 0 Å². The number of rotatable bonds is 4. The summed E-state index contributed by atoms with van der Waals surface area (Å²) in [5.74, 6) is -1.89. The number of hydrogen-bond donors (Lipinski definition) is 1. The lowest BCUT2D eigenvalue weighted by molar-refractivity contribution is 0.151. The Morgan fingerprint density at radius 1 is 1.15 bits per heavy atom. The molecule has 1 aliphatic rings. The van der Waals surface area contributed by atoms with E-state index in [9.17, 15) is 17.2 Å². The van der Waals surface area contributed by atoms with E-state index in [1.165, 1.54) is 4.31 Å². The maximum atomic E-state index is 13.6. The number of benzene rings is 1. The minimum Gasteiger partial charge on any atom is -0.395 e. The van der Waals surface area contributed by atoms with Gasteiger partial charge in [-0.2, -0.15) is 4.31 Å². The number of nitrogens with zero attached hydrogens (tertiary/aromatic N) is 2. The van der Waals surface area contributed by atoms with Crippen LogP contribution in [-0.4, -0.2) is 62.1 Å². The number of sulfonamides is 1. The van der Waals surface area contributed by atoms with Crippen LogP contribution in [0.4, 0.5) is 8.78 Å². The Morgan fingerprint density at radius 2 is 1.80 bits per heavy atom. The number of piperazine rings is 1. The molecule has 1 aliphatic heterocycles. The second-order valence-electron chi connectivity index (χ2n) is 4.54. The van der Waals surface area contributed by atoms with E-state index in [1.54, 1.807) is 0 Å². The van der Waals surface area contributed by atoms with Crippen LogP contribution in [0, 0.1) is 11.6 Å². The second-order valence-corrected chi connectivity index (χ2v) is 6.45. The van der Waals surface area contributed by atoms with Gasteiger partial charge < -0.3 is 5.11 Å². The summed E-state index contributed by atoms with van der Waals surface area (Å²) >= 11 is 0. The fourth-order valence-corrected chi connectivity index (χ4v) is 3.63. The molecule has 0 unspecified atom stereocenters. The average molecular weight is 306 g/mol. The van der Waals surface area contributed by atoms with Crippen molar-refractivity contribution in [3.05, 3.63) is 29.8 Å². The van der Waals surface area contributed by atoms with Crippen LogP contribution in [0.1, 0.15) is 0 Å². The zero-order chi connectivity index (χ0) is 14.8. The molecule has 0 spiro atoms. The second kappa shape index (κ2) is 6.13. The van der Waals surface area contributed by atoms with Gasteiger partial charge in [-0.15, -0.1) is 0 Å². The zero-order valence-electron chi connectivity index (χ0n) is 10.8. The highest BCUT2D eigenvalue weighted by atomic mass is 32.2. The highest BCUT2D eigenvalue weighted by molar-refractivity contribution is 7.89. The quantitative estimate of drug-likeness (QED) is 0.867. The third kappa shape index (κ3) is 3.14. The molecule has 0 atom stereocenters. The van der Waals surface area contributed by atoms with Crippen molar-refractivity contribution in [3.8, 4) is 0 Å². The maximum Gasteiger partial charge on any atom is 0.246 e. The molecule has 0 amide bonds. The average Bonchev–Trinajstić information content (AvgIpc) is 2.39. The minimum atomic E-state index is -3.95. The molecule has 2 rings (SSSR count). The predicted octanol–water partition coefficient (Wildman–Crippen LogP) is 0.263. The largest absolute Gasteiger partial charge is 0.395 e. The van der Waals surface area contributed by atoms with Crippen LogP contribution in [-0.2, 0) is 10.0 Å². The van der Waals surface area contributed by atoms with Gasteiger partial charge >= 0.3 is 0 Å². The van der Waals surface area contributed by atoms with Gasteiger partial charge in [-0.05, 0) is 12.1 Å². The molecular formula is C12H16F2N2O3S. The minimum absolute atomic E-state index is 0.0132. The summed E-state index contributed by atoms with van der Waals surface area (Å²) in [6.45, 7) is 1.89. The summed E-state index contributed by atoms with van der Waals surface area (Å²) < 4.78 is 52.2. The Labute approximate surface area is 116 Å². The van der Waals surface area contributed by atoms with Crippen LogP contribution in [0.5, 0.6) is 0 Å². The van der Waals surface area contributed by atoms with Gasteiger partial charge in [-0.1, -0.05) is 0 Å². The lowest BCUT2D eigenvalue weighted by Crippen LogP contribution is -2.49. The standard InChI is InChI=1S/C12H16F2N2O3S/c13-10-1-2-12(11(14)9-10)20(18,19)16-5-3-15(4-6-16)7-8-17/h1-2,9,17H,3-8H2. The third-order valence-corrected chi connectivity index (χ3v) is 5.19. The van der Waals surface area contributed by atoms with Crippen molar-refractivity contribution in [2.45, 2.75) is 4.90 Å². The number of aliphatic hydroxyl groups excluding tert-OH is 1. The first kappa shape index (κ1) is 15.3. The molecule has 8 heteroatoms. The molecule has 0 radical (unpaired) electrons. The SMILES string of the molecule is O=S(=O)(c1ccc(F)cc1F)N1CCN(CCO)CC1. The van der Waals surface area contributed by atoms with E-state index in [-0.39, 0.29) is 19.7 Å². The van der Waals surface area contributed by atoms with Crippen molar-refractivity contribution in [1.29, 1.82) is 0 Å². The monoisotopic (exact) mass is 306 g/mol. The summed E-state index contributed by atoms with van der Waals surface area (Å²) in [7, 11) is -3.95. The normalized spacial score (nSPS) is 18.4. The molecule has 0 aromatic heterocycles. The van der Waals surface area contributed by atoms with Gasteiger partial charge in [-0.3, -0.25) is 4.90 Å². The van der Waals surface area contributed by atoms with E-state index in [0.717, 1.165) is 12.1 Å². The smallest absolute Gasteiger partial charge is 0.246 e. The van der Waals surface area contributed by atoms with Crippen LogP contribution >= 0.6 is 0 Å². The van der Waals surface area contributed by atoms with Crippen LogP contribution in [0.25, 0.3) is 0 Å². The van der Waals surface area contributed by atoms with E-state index in [0.29, 0.717) is 25.7 Å². The molecule has 1 aromatic rings. The van der Waals surface area contributed by atoms with Crippen molar-refractivity contribution in [1.82, 2.24) is 9.21 Å². The molecule has 112 valence electrons. The third-order valence-electron chi connectivity index (χ3n) is 3.26. The topological polar surface area (TPSA) is 60.9 Å². The lowest BCUT2D eigenvalue weighted by atomic mass is 10.3.